The highest BCUT2D eigenvalue weighted by Crippen LogP contribution is 2.15. The number of hydrogen-bond donors (Lipinski definition) is 2. The van der Waals surface area contributed by atoms with E-state index in [1.54, 1.807) is 39.6 Å². The van der Waals surface area contributed by atoms with E-state index >= 15 is 0 Å². The van der Waals surface area contributed by atoms with Gasteiger partial charge in [0.05, 0.1) is 24.1 Å². The molecule has 1 amide bonds. The number of amides is 1. The number of benzene rings is 1. The van der Waals surface area contributed by atoms with Crippen molar-refractivity contribution in [2.24, 2.45) is 0 Å². The van der Waals surface area contributed by atoms with Crippen LogP contribution in [0.1, 0.15) is 27.7 Å². The van der Waals surface area contributed by atoms with Crippen molar-refractivity contribution < 1.29 is 22.7 Å². The molecule has 0 saturated carbocycles. The lowest BCUT2D eigenvalue weighted by Gasteiger charge is -2.22. The van der Waals surface area contributed by atoms with E-state index in [-0.39, 0.29) is 30.0 Å². The van der Waals surface area contributed by atoms with E-state index in [0.29, 0.717) is 5.69 Å². The summed E-state index contributed by atoms with van der Waals surface area (Å²) >= 11 is 0. The smallest absolute Gasteiger partial charge is 0.320 e. The third kappa shape index (κ3) is 6.74. The van der Waals surface area contributed by atoms with Gasteiger partial charge in [-0.1, -0.05) is 0 Å². The average Bonchev–Trinajstić information content (AvgIpc) is 2.53. The number of sulfonamides is 1. The molecule has 0 saturated heterocycles. The molecule has 1 rings (SSSR count). The van der Waals surface area contributed by atoms with Gasteiger partial charge in [0.25, 0.3) is 0 Å². The Morgan fingerprint density at radius 3 is 2.23 bits per heavy atom. The standard InChI is InChI=1S/C17H27N3O5S/c1-6-25-16(21)11-20(5)13(4)17(22)18-14-7-9-15(10-8-14)26(23,24)19-12(2)3/h7-10,12-13,19H,6,11H2,1-5H3,(H,18,22). The van der Waals surface area contributed by atoms with Gasteiger partial charge in [0.2, 0.25) is 15.9 Å². The Morgan fingerprint density at radius 2 is 1.73 bits per heavy atom. The molecule has 0 aromatic heterocycles. The van der Waals surface area contributed by atoms with Gasteiger partial charge in [-0.05, 0) is 59.0 Å². The van der Waals surface area contributed by atoms with Crippen LogP contribution < -0.4 is 10.0 Å². The summed E-state index contributed by atoms with van der Waals surface area (Å²) in [7, 11) is -1.93. The molecule has 0 fully saturated rings. The summed E-state index contributed by atoms with van der Waals surface area (Å²) in [6, 6.07) is 5.11. The maximum atomic E-state index is 12.3. The first-order valence-electron chi connectivity index (χ1n) is 8.36. The number of likely N-dealkylation sites (N-methyl/N-ethyl adjacent to an activating group) is 1. The van der Waals surface area contributed by atoms with Crippen LogP contribution in [0.15, 0.2) is 29.2 Å². The molecule has 0 aliphatic carbocycles. The molecule has 1 aromatic rings. The van der Waals surface area contributed by atoms with Crippen molar-refractivity contribution in [3.63, 3.8) is 0 Å². The average molecular weight is 385 g/mol. The SMILES string of the molecule is CCOC(=O)CN(C)C(C)C(=O)Nc1ccc(S(=O)(=O)NC(C)C)cc1. The summed E-state index contributed by atoms with van der Waals surface area (Å²) in [6.07, 6.45) is 0. The first-order chi connectivity index (χ1) is 12.1. The van der Waals surface area contributed by atoms with Crippen LogP contribution in [0.2, 0.25) is 0 Å². The lowest BCUT2D eigenvalue weighted by atomic mass is 10.2. The fourth-order valence-corrected chi connectivity index (χ4v) is 3.34. The Morgan fingerprint density at radius 1 is 1.15 bits per heavy atom. The predicted octanol–water partition coefficient (Wildman–Crippen LogP) is 1.20. The summed E-state index contributed by atoms with van der Waals surface area (Å²) in [6.45, 7) is 7.14. The molecule has 2 N–H and O–H groups in total. The number of esters is 1. The highest BCUT2D eigenvalue weighted by molar-refractivity contribution is 7.89. The second-order valence-electron chi connectivity index (χ2n) is 6.19. The van der Waals surface area contributed by atoms with Crippen molar-refractivity contribution >= 4 is 27.6 Å². The van der Waals surface area contributed by atoms with Crippen molar-refractivity contribution in [2.75, 3.05) is 25.5 Å². The minimum atomic E-state index is -3.58. The van der Waals surface area contributed by atoms with Gasteiger partial charge in [-0.15, -0.1) is 0 Å². The van der Waals surface area contributed by atoms with Crippen LogP contribution in [0, 0.1) is 0 Å². The highest BCUT2D eigenvalue weighted by Gasteiger charge is 2.21. The van der Waals surface area contributed by atoms with Crippen LogP contribution in [0.3, 0.4) is 0 Å². The molecule has 1 atom stereocenters. The number of carbonyl (C=O) groups excluding carboxylic acids is 2. The van der Waals surface area contributed by atoms with Crippen LogP contribution >= 0.6 is 0 Å². The van der Waals surface area contributed by atoms with Gasteiger partial charge >= 0.3 is 5.97 Å². The van der Waals surface area contributed by atoms with Gasteiger partial charge in [-0.25, -0.2) is 13.1 Å². The fraction of sp³-hybridized carbons (Fsp3) is 0.529. The van der Waals surface area contributed by atoms with Gasteiger partial charge in [0, 0.05) is 11.7 Å². The molecule has 9 heteroatoms. The van der Waals surface area contributed by atoms with Gasteiger partial charge < -0.3 is 10.1 Å². The number of nitrogens with one attached hydrogen (secondary N) is 2. The first-order valence-corrected chi connectivity index (χ1v) is 9.84. The Bertz CT molecular complexity index is 716. The van der Waals surface area contributed by atoms with Crippen molar-refractivity contribution in [1.29, 1.82) is 0 Å². The molecule has 26 heavy (non-hydrogen) atoms. The number of carbonyl (C=O) groups is 2. The minimum Gasteiger partial charge on any atom is -0.465 e. The lowest BCUT2D eigenvalue weighted by molar-refractivity contribution is -0.144. The molecular formula is C17H27N3O5S. The molecular weight excluding hydrogens is 358 g/mol. The normalized spacial score (nSPS) is 12.9. The molecule has 146 valence electrons. The number of nitrogens with zero attached hydrogens (tertiary/aromatic N) is 1. The van der Waals surface area contributed by atoms with Crippen molar-refractivity contribution in [2.45, 2.75) is 44.7 Å². The zero-order valence-electron chi connectivity index (χ0n) is 15.8. The number of ether oxygens (including phenoxy) is 1. The number of rotatable bonds is 9. The minimum absolute atomic E-state index is 0.000476. The molecule has 1 aromatic carbocycles. The van der Waals surface area contributed by atoms with E-state index in [4.69, 9.17) is 4.74 Å². The Labute approximate surface area is 155 Å². The van der Waals surface area contributed by atoms with Gasteiger partial charge in [0.15, 0.2) is 0 Å². The van der Waals surface area contributed by atoms with E-state index in [1.165, 1.54) is 24.3 Å². The van der Waals surface area contributed by atoms with E-state index in [1.807, 2.05) is 0 Å². The zero-order chi connectivity index (χ0) is 19.9. The van der Waals surface area contributed by atoms with Gasteiger partial charge in [0.1, 0.15) is 0 Å². The largest absolute Gasteiger partial charge is 0.465 e. The number of hydrogen-bond acceptors (Lipinski definition) is 6. The second-order valence-corrected chi connectivity index (χ2v) is 7.90. The Hall–Kier alpha value is -1.97. The van der Waals surface area contributed by atoms with Crippen LogP contribution in [0.4, 0.5) is 5.69 Å². The molecule has 0 radical (unpaired) electrons. The summed E-state index contributed by atoms with van der Waals surface area (Å²) in [4.78, 5) is 25.5. The topological polar surface area (TPSA) is 105 Å². The van der Waals surface area contributed by atoms with E-state index in [0.717, 1.165) is 0 Å². The van der Waals surface area contributed by atoms with Gasteiger partial charge in [-0.3, -0.25) is 14.5 Å². The molecule has 0 aliphatic heterocycles. The highest BCUT2D eigenvalue weighted by atomic mass is 32.2. The zero-order valence-corrected chi connectivity index (χ0v) is 16.6. The van der Waals surface area contributed by atoms with Crippen LogP contribution in [-0.4, -0.2) is 57.5 Å². The van der Waals surface area contributed by atoms with Crippen LogP contribution in [0.5, 0.6) is 0 Å². The summed E-state index contributed by atoms with van der Waals surface area (Å²) in [5.41, 5.74) is 0.467. The molecule has 0 heterocycles. The van der Waals surface area contributed by atoms with Crippen molar-refractivity contribution in [3.8, 4) is 0 Å². The monoisotopic (exact) mass is 385 g/mol. The third-order valence-corrected chi connectivity index (χ3v) is 5.22. The van der Waals surface area contributed by atoms with Crippen molar-refractivity contribution in [1.82, 2.24) is 9.62 Å². The lowest BCUT2D eigenvalue weighted by Crippen LogP contribution is -2.42. The maximum absolute atomic E-state index is 12.3. The Kier molecular flexibility index (Phi) is 8.19. The van der Waals surface area contributed by atoms with Gasteiger partial charge in [-0.2, -0.15) is 0 Å². The predicted molar refractivity (Wildman–Crippen MR) is 99.3 cm³/mol. The maximum Gasteiger partial charge on any atom is 0.320 e. The molecule has 0 spiro atoms. The number of anilines is 1. The van der Waals surface area contributed by atoms with E-state index < -0.39 is 22.0 Å². The molecule has 0 aliphatic rings. The summed E-state index contributed by atoms with van der Waals surface area (Å²) < 4.78 is 31.5. The fourth-order valence-electron chi connectivity index (χ4n) is 2.09. The first kappa shape index (κ1) is 22.1. The molecule has 0 bridgehead atoms. The molecule has 1 unspecified atom stereocenters. The van der Waals surface area contributed by atoms with E-state index in [2.05, 4.69) is 10.0 Å². The summed E-state index contributed by atoms with van der Waals surface area (Å²) in [5, 5.41) is 2.70. The van der Waals surface area contributed by atoms with Crippen molar-refractivity contribution in [3.05, 3.63) is 24.3 Å². The quantitative estimate of drug-likeness (QED) is 0.619. The Balaban J connectivity index is 2.71. The van der Waals surface area contributed by atoms with Crippen LogP contribution in [0.25, 0.3) is 0 Å². The van der Waals surface area contributed by atoms with Crippen LogP contribution in [-0.2, 0) is 24.3 Å². The van der Waals surface area contributed by atoms with E-state index in [9.17, 15) is 18.0 Å². The third-order valence-electron chi connectivity index (χ3n) is 3.55. The molecule has 8 nitrogen and oxygen atoms in total. The summed E-state index contributed by atoms with van der Waals surface area (Å²) in [5.74, 6) is -0.713. The second kappa shape index (κ2) is 9.65.